The number of likely N-dealkylation sites (tertiary alicyclic amines) is 1. The minimum atomic E-state index is -4.96. The summed E-state index contributed by atoms with van der Waals surface area (Å²) in [5.41, 5.74) is -1.13. The lowest BCUT2D eigenvalue weighted by Gasteiger charge is -2.44. The number of halogens is 5. The van der Waals surface area contributed by atoms with Gasteiger partial charge in [0.15, 0.2) is 0 Å². The number of carbonyl (C=O) groups excluding carboxylic acids is 3. The van der Waals surface area contributed by atoms with Gasteiger partial charge in [0.05, 0.1) is 5.56 Å². The Hall–Kier alpha value is -3.50. The zero-order valence-corrected chi connectivity index (χ0v) is 22.3. The van der Waals surface area contributed by atoms with Crippen molar-refractivity contribution >= 4 is 17.7 Å². The van der Waals surface area contributed by atoms with Crippen molar-refractivity contribution in [3.63, 3.8) is 0 Å². The van der Waals surface area contributed by atoms with Gasteiger partial charge in [0.2, 0.25) is 11.8 Å². The second-order valence-electron chi connectivity index (χ2n) is 10.7. The molecule has 1 saturated carbocycles. The highest BCUT2D eigenvalue weighted by Crippen LogP contribution is 2.36. The van der Waals surface area contributed by atoms with Gasteiger partial charge < -0.3 is 15.1 Å². The maximum atomic E-state index is 13.8. The lowest BCUT2D eigenvalue weighted by Crippen LogP contribution is -2.53. The summed E-state index contributed by atoms with van der Waals surface area (Å²) >= 11 is 0. The fourth-order valence-corrected chi connectivity index (χ4v) is 5.90. The highest BCUT2D eigenvalue weighted by Gasteiger charge is 2.40. The third kappa shape index (κ3) is 6.62. The van der Waals surface area contributed by atoms with Crippen molar-refractivity contribution in [1.82, 2.24) is 15.1 Å². The Balaban J connectivity index is 1.53. The summed E-state index contributed by atoms with van der Waals surface area (Å²) in [6.07, 6.45) is -1.94. The standard InChI is InChI=1S/C29H32F5N3O3/c1-17(38)35-22-10-5-19(6-11-22)28(40)37-14-13-26(23(16-37)18-3-8-21(30)9-4-18)36(2)27(39)20-7-12-25(31)24(15-20)29(32,33)34/h3-4,7-9,12,15,19,22-23,26H,5-6,10-11,13-14,16H2,1-2H3,(H,35,38)/t19-,22-,23?,26?. The van der Waals surface area contributed by atoms with Crippen LogP contribution in [0.4, 0.5) is 22.0 Å². The zero-order chi connectivity index (χ0) is 29.2. The van der Waals surface area contributed by atoms with Crippen LogP contribution in [0.1, 0.15) is 66.4 Å². The first-order chi connectivity index (χ1) is 18.8. The van der Waals surface area contributed by atoms with E-state index < -0.39 is 41.2 Å². The van der Waals surface area contributed by atoms with Crippen LogP contribution in [0.15, 0.2) is 42.5 Å². The first kappa shape index (κ1) is 29.5. The van der Waals surface area contributed by atoms with E-state index in [4.69, 9.17) is 0 Å². The average Bonchev–Trinajstić information content (AvgIpc) is 2.92. The molecule has 2 aromatic rings. The van der Waals surface area contributed by atoms with Gasteiger partial charge in [0, 0.05) is 56.5 Å². The molecule has 0 radical (unpaired) electrons. The first-order valence-corrected chi connectivity index (χ1v) is 13.3. The molecule has 1 N–H and O–H groups in total. The van der Waals surface area contributed by atoms with Crippen molar-refractivity contribution in [2.75, 3.05) is 20.1 Å². The van der Waals surface area contributed by atoms with E-state index in [2.05, 4.69) is 5.32 Å². The second-order valence-corrected chi connectivity index (χ2v) is 10.7. The van der Waals surface area contributed by atoms with E-state index >= 15 is 0 Å². The zero-order valence-electron chi connectivity index (χ0n) is 22.3. The van der Waals surface area contributed by atoms with Crippen LogP contribution in [-0.4, -0.2) is 59.7 Å². The summed E-state index contributed by atoms with van der Waals surface area (Å²) in [4.78, 5) is 41.2. The highest BCUT2D eigenvalue weighted by molar-refractivity contribution is 5.94. The summed E-state index contributed by atoms with van der Waals surface area (Å²) < 4.78 is 67.3. The number of nitrogens with one attached hydrogen (secondary N) is 1. The Morgan fingerprint density at radius 2 is 1.60 bits per heavy atom. The van der Waals surface area contributed by atoms with Gasteiger partial charge in [-0.2, -0.15) is 13.2 Å². The molecule has 0 spiro atoms. The quantitative estimate of drug-likeness (QED) is 0.511. The van der Waals surface area contributed by atoms with Crippen molar-refractivity contribution in [2.24, 2.45) is 5.92 Å². The molecular weight excluding hydrogens is 533 g/mol. The van der Waals surface area contributed by atoms with Gasteiger partial charge in [0.25, 0.3) is 5.91 Å². The number of hydrogen-bond acceptors (Lipinski definition) is 3. The molecule has 0 bridgehead atoms. The Bertz CT molecular complexity index is 1240. The van der Waals surface area contributed by atoms with Crippen LogP contribution in [0.5, 0.6) is 0 Å². The molecular formula is C29H32F5N3O3. The van der Waals surface area contributed by atoms with Crippen molar-refractivity contribution in [2.45, 2.75) is 63.2 Å². The SMILES string of the molecule is CC(=O)N[C@H]1CC[C@H](C(=O)N2CCC(N(C)C(=O)c3ccc(F)c(C(F)(F)F)c3)C(c3ccc(F)cc3)C2)CC1. The van der Waals surface area contributed by atoms with Gasteiger partial charge in [-0.05, 0) is 68.0 Å². The van der Waals surface area contributed by atoms with Gasteiger partial charge in [-0.1, -0.05) is 12.1 Å². The monoisotopic (exact) mass is 565 g/mol. The summed E-state index contributed by atoms with van der Waals surface area (Å²) in [5.74, 6) is -3.37. The predicted octanol–water partition coefficient (Wildman–Crippen LogP) is 5.14. The third-order valence-corrected chi connectivity index (χ3v) is 8.01. The summed E-state index contributed by atoms with van der Waals surface area (Å²) in [5, 5.41) is 2.90. The molecule has 6 nitrogen and oxygen atoms in total. The van der Waals surface area contributed by atoms with E-state index in [0.717, 1.165) is 6.07 Å². The smallest absolute Gasteiger partial charge is 0.354 e. The minimum Gasteiger partial charge on any atom is -0.354 e. The van der Waals surface area contributed by atoms with E-state index in [9.17, 15) is 36.3 Å². The van der Waals surface area contributed by atoms with E-state index in [1.807, 2.05) is 0 Å². The molecule has 11 heteroatoms. The number of rotatable bonds is 5. The van der Waals surface area contributed by atoms with Crippen LogP contribution in [0.25, 0.3) is 0 Å². The maximum Gasteiger partial charge on any atom is 0.419 e. The molecule has 1 aliphatic heterocycles. The Kier molecular flexibility index (Phi) is 8.80. The number of alkyl halides is 3. The number of hydrogen-bond donors (Lipinski definition) is 1. The van der Waals surface area contributed by atoms with E-state index in [1.54, 1.807) is 17.0 Å². The van der Waals surface area contributed by atoms with Gasteiger partial charge in [0.1, 0.15) is 11.6 Å². The molecule has 4 rings (SSSR count). The summed E-state index contributed by atoms with van der Waals surface area (Å²) in [7, 11) is 1.47. The van der Waals surface area contributed by atoms with E-state index in [1.165, 1.54) is 31.0 Å². The van der Waals surface area contributed by atoms with Crippen molar-refractivity contribution in [3.8, 4) is 0 Å². The molecule has 1 aliphatic carbocycles. The van der Waals surface area contributed by atoms with E-state index in [0.29, 0.717) is 56.3 Å². The van der Waals surface area contributed by atoms with Gasteiger partial charge in [-0.25, -0.2) is 8.78 Å². The van der Waals surface area contributed by atoms with Crippen LogP contribution in [0.2, 0.25) is 0 Å². The fourth-order valence-electron chi connectivity index (χ4n) is 5.90. The molecule has 2 atom stereocenters. The molecule has 1 saturated heterocycles. The Morgan fingerprint density at radius 3 is 2.20 bits per heavy atom. The number of piperidine rings is 1. The normalized spacial score (nSPS) is 23.4. The van der Waals surface area contributed by atoms with Gasteiger partial charge >= 0.3 is 6.18 Å². The predicted molar refractivity (Wildman–Crippen MR) is 137 cm³/mol. The molecule has 40 heavy (non-hydrogen) atoms. The second kappa shape index (κ2) is 11.9. The summed E-state index contributed by atoms with van der Waals surface area (Å²) in [6.45, 7) is 2.04. The Labute approximate surface area is 229 Å². The van der Waals surface area contributed by atoms with Gasteiger partial charge in [-0.3, -0.25) is 14.4 Å². The van der Waals surface area contributed by atoms with Crippen LogP contribution in [0.3, 0.4) is 0 Å². The largest absolute Gasteiger partial charge is 0.419 e. The molecule has 2 aromatic carbocycles. The number of amides is 3. The molecule has 0 aromatic heterocycles. The number of likely N-dealkylation sites (N-methyl/N-ethyl adjacent to an activating group) is 1. The van der Waals surface area contributed by atoms with Crippen molar-refractivity contribution < 1.29 is 36.3 Å². The molecule has 216 valence electrons. The first-order valence-electron chi connectivity index (χ1n) is 13.3. The lowest BCUT2D eigenvalue weighted by molar-refractivity contribution is -0.140. The minimum absolute atomic E-state index is 0.0193. The number of benzene rings is 2. The molecule has 2 fully saturated rings. The van der Waals surface area contributed by atoms with Crippen LogP contribution < -0.4 is 5.32 Å². The van der Waals surface area contributed by atoms with Gasteiger partial charge in [-0.15, -0.1) is 0 Å². The summed E-state index contributed by atoms with van der Waals surface area (Å²) in [6, 6.07) is 7.43. The van der Waals surface area contributed by atoms with E-state index in [-0.39, 0.29) is 35.9 Å². The van der Waals surface area contributed by atoms with Crippen LogP contribution in [-0.2, 0) is 15.8 Å². The van der Waals surface area contributed by atoms with Crippen LogP contribution >= 0.6 is 0 Å². The molecule has 2 aliphatic rings. The third-order valence-electron chi connectivity index (χ3n) is 8.01. The maximum absolute atomic E-state index is 13.8. The number of carbonyl (C=O) groups is 3. The number of nitrogens with zero attached hydrogens (tertiary/aromatic N) is 2. The molecule has 2 unspecified atom stereocenters. The van der Waals surface area contributed by atoms with Crippen molar-refractivity contribution in [3.05, 3.63) is 70.8 Å². The topological polar surface area (TPSA) is 69.7 Å². The molecule has 3 amide bonds. The lowest BCUT2D eigenvalue weighted by atomic mass is 9.82. The highest BCUT2D eigenvalue weighted by atomic mass is 19.4. The molecule has 1 heterocycles. The van der Waals surface area contributed by atoms with Crippen LogP contribution in [0, 0.1) is 17.6 Å². The average molecular weight is 566 g/mol. The Morgan fingerprint density at radius 1 is 0.950 bits per heavy atom. The van der Waals surface area contributed by atoms with Crippen molar-refractivity contribution in [1.29, 1.82) is 0 Å². The fraction of sp³-hybridized carbons (Fsp3) is 0.483.